The minimum atomic E-state index is -1.36. The van der Waals surface area contributed by atoms with Crippen molar-refractivity contribution in [1.82, 2.24) is 0 Å². The van der Waals surface area contributed by atoms with Crippen molar-refractivity contribution < 1.29 is 24.1 Å². The maximum Gasteiger partial charge on any atom is 0.339 e. The lowest BCUT2D eigenvalue weighted by Crippen LogP contribution is -2.18. The Kier molecular flexibility index (Phi) is 6.29. The van der Waals surface area contributed by atoms with E-state index in [0.717, 1.165) is 0 Å². The maximum atomic E-state index is 11.8. The smallest absolute Gasteiger partial charge is 0.339 e. The van der Waals surface area contributed by atoms with Gasteiger partial charge in [-0.1, -0.05) is 22.9 Å². The second kappa shape index (κ2) is 7.50. The van der Waals surface area contributed by atoms with Gasteiger partial charge in [-0.2, -0.15) is 0 Å². The number of methoxy groups -OCH3 is 2. The summed E-state index contributed by atoms with van der Waals surface area (Å²) in [4.78, 5) is 11.8. The summed E-state index contributed by atoms with van der Waals surface area (Å²) >= 11 is 3.36. The Labute approximate surface area is 127 Å². The first-order valence-corrected chi connectivity index (χ1v) is 7.08. The molecule has 1 aromatic carbocycles. The monoisotopic (exact) mass is 346 g/mol. The summed E-state index contributed by atoms with van der Waals surface area (Å²) < 4.78 is 16.0. The van der Waals surface area contributed by atoms with Gasteiger partial charge in [0.1, 0.15) is 0 Å². The summed E-state index contributed by atoms with van der Waals surface area (Å²) in [5, 5.41) is 10.2. The fourth-order valence-corrected chi connectivity index (χ4v) is 2.70. The van der Waals surface area contributed by atoms with Crippen molar-refractivity contribution in [3.63, 3.8) is 0 Å². The summed E-state index contributed by atoms with van der Waals surface area (Å²) in [6.07, 6.45) is -0.788. The van der Waals surface area contributed by atoms with Gasteiger partial charge in [0.05, 0.1) is 20.8 Å². The zero-order valence-corrected chi connectivity index (χ0v) is 13.6. The first-order valence-electron chi connectivity index (χ1n) is 6.29. The van der Waals surface area contributed by atoms with Gasteiger partial charge >= 0.3 is 5.97 Å². The van der Waals surface area contributed by atoms with Crippen LogP contribution < -0.4 is 9.47 Å². The van der Waals surface area contributed by atoms with Gasteiger partial charge in [-0.05, 0) is 19.4 Å². The second-order valence-electron chi connectivity index (χ2n) is 3.99. The van der Waals surface area contributed by atoms with Gasteiger partial charge in [0, 0.05) is 15.6 Å². The number of ether oxygens (including phenoxy) is 3. The number of rotatable bonds is 6. The van der Waals surface area contributed by atoms with E-state index in [1.807, 2.05) is 6.92 Å². The van der Waals surface area contributed by atoms with Crippen LogP contribution in [0.25, 0.3) is 0 Å². The van der Waals surface area contributed by atoms with Crippen molar-refractivity contribution in [1.29, 1.82) is 0 Å². The van der Waals surface area contributed by atoms with Crippen molar-refractivity contribution in [2.75, 3.05) is 20.8 Å². The molecule has 5 nitrogen and oxygen atoms in total. The number of benzene rings is 1. The predicted molar refractivity (Wildman–Crippen MR) is 78.2 cm³/mol. The van der Waals surface area contributed by atoms with Crippen molar-refractivity contribution >= 4 is 21.9 Å². The van der Waals surface area contributed by atoms with Crippen molar-refractivity contribution in [3.8, 4) is 11.5 Å². The first kappa shape index (κ1) is 16.8. The van der Waals surface area contributed by atoms with Crippen molar-refractivity contribution in [3.05, 3.63) is 21.7 Å². The van der Waals surface area contributed by atoms with Crippen LogP contribution in [-0.4, -0.2) is 31.9 Å². The molecule has 6 heteroatoms. The van der Waals surface area contributed by atoms with Crippen LogP contribution in [0, 0.1) is 0 Å². The highest BCUT2D eigenvalue weighted by Gasteiger charge is 2.27. The minimum Gasteiger partial charge on any atom is -0.493 e. The highest BCUT2D eigenvalue weighted by molar-refractivity contribution is 9.10. The predicted octanol–water partition coefficient (Wildman–Crippen LogP) is 2.63. The molecule has 0 aliphatic rings. The van der Waals surface area contributed by atoms with Gasteiger partial charge in [0.2, 0.25) is 0 Å². The van der Waals surface area contributed by atoms with Gasteiger partial charge in [0.25, 0.3) is 0 Å². The molecular weight excluding hydrogens is 328 g/mol. The molecule has 112 valence electrons. The lowest BCUT2D eigenvalue weighted by atomic mass is 9.98. The van der Waals surface area contributed by atoms with Crippen LogP contribution in [0.4, 0.5) is 0 Å². The second-order valence-corrected chi connectivity index (χ2v) is 4.85. The molecule has 0 radical (unpaired) electrons. The number of carbonyl (C=O) groups is 1. The van der Waals surface area contributed by atoms with E-state index in [9.17, 15) is 9.90 Å². The Balaban J connectivity index is 3.41. The molecule has 0 spiro atoms. The van der Waals surface area contributed by atoms with Crippen LogP contribution >= 0.6 is 15.9 Å². The number of hydrogen-bond donors (Lipinski definition) is 1. The molecule has 1 N–H and O–H groups in total. The Morgan fingerprint density at radius 3 is 2.45 bits per heavy atom. The van der Waals surface area contributed by atoms with Gasteiger partial charge in [0.15, 0.2) is 17.6 Å². The Morgan fingerprint density at radius 2 is 2.00 bits per heavy atom. The van der Waals surface area contributed by atoms with Crippen molar-refractivity contribution in [2.45, 2.75) is 26.4 Å². The molecule has 0 saturated heterocycles. The average Bonchev–Trinajstić information content (AvgIpc) is 2.45. The number of hydrogen-bond acceptors (Lipinski definition) is 5. The molecule has 1 rings (SSSR count). The zero-order chi connectivity index (χ0) is 15.3. The summed E-state index contributed by atoms with van der Waals surface area (Å²) in [5.41, 5.74) is 1.16. The molecule has 1 aromatic rings. The van der Waals surface area contributed by atoms with E-state index in [1.54, 1.807) is 13.0 Å². The van der Waals surface area contributed by atoms with E-state index in [-0.39, 0.29) is 6.61 Å². The van der Waals surface area contributed by atoms with Crippen LogP contribution in [0.15, 0.2) is 10.5 Å². The number of aliphatic hydroxyl groups excluding tert-OH is 1. The normalized spacial score (nSPS) is 11.9. The Bertz CT molecular complexity index is 487. The highest BCUT2D eigenvalue weighted by Crippen LogP contribution is 2.41. The molecule has 0 aliphatic carbocycles. The van der Waals surface area contributed by atoms with Gasteiger partial charge in [-0.25, -0.2) is 4.79 Å². The number of esters is 1. The van der Waals surface area contributed by atoms with E-state index in [1.165, 1.54) is 14.2 Å². The van der Waals surface area contributed by atoms with E-state index < -0.39 is 12.1 Å². The molecule has 0 saturated carbocycles. The zero-order valence-electron chi connectivity index (χ0n) is 12.0. The molecule has 0 fully saturated rings. The average molecular weight is 347 g/mol. The van der Waals surface area contributed by atoms with Gasteiger partial charge < -0.3 is 19.3 Å². The summed E-state index contributed by atoms with van der Waals surface area (Å²) in [6, 6.07) is 1.66. The Morgan fingerprint density at radius 1 is 1.35 bits per heavy atom. The largest absolute Gasteiger partial charge is 0.493 e. The van der Waals surface area contributed by atoms with E-state index in [4.69, 9.17) is 14.2 Å². The number of aliphatic hydroxyl groups is 1. The van der Waals surface area contributed by atoms with Crippen molar-refractivity contribution in [2.24, 2.45) is 0 Å². The molecule has 20 heavy (non-hydrogen) atoms. The van der Waals surface area contributed by atoms with E-state index >= 15 is 0 Å². The Hall–Kier alpha value is -1.27. The molecule has 0 amide bonds. The number of halogens is 1. The molecule has 1 atom stereocenters. The van der Waals surface area contributed by atoms with Crippen LogP contribution in [0.5, 0.6) is 11.5 Å². The topological polar surface area (TPSA) is 65.0 Å². The van der Waals surface area contributed by atoms with Crippen LogP contribution in [-0.2, 0) is 16.0 Å². The van der Waals surface area contributed by atoms with E-state index in [2.05, 4.69) is 15.9 Å². The number of carbonyl (C=O) groups excluding carboxylic acids is 1. The maximum absolute atomic E-state index is 11.8. The molecule has 0 bridgehead atoms. The standard InChI is InChI=1S/C14H19BrO5/c1-5-8-11(12(16)14(17)20-6-2)9(15)7-10(18-3)13(8)19-4/h7,12,16H,5-6H2,1-4H3. The first-order chi connectivity index (χ1) is 9.51. The van der Waals surface area contributed by atoms with Gasteiger partial charge in [-0.15, -0.1) is 0 Å². The third kappa shape index (κ3) is 3.24. The fourth-order valence-electron chi connectivity index (χ4n) is 2.03. The molecular formula is C14H19BrO5. The van der Waals surface area contributed by atoms with Crippen LogP contribution in [0.2, 0.25) is 0 Å². The van der Waals surface area contributed by atoms with Gasteiger partial charge in [-0.3, -0.25) is 0 Å². The summed E-state index contributed by atoms with van der Waals surface area (Å²) in [6.45, 7) is 3.81. The van der Waals surface area contributed by atoms with E-state index in [0.29, 0.717) is 33.5 Å². The SMILES string of the molecule is CCOC(=O)C(O)c1c(Br)cc(OC)c(OC)c1CC. The quantitative estimate of drug-likeness (QED) is 0.802. The summed E-state index contributed by atoms with van der Waals surface area (Å²) in [7, 11) is 3.05. The third-order valence-corrected chi connectivity index (χ3v) is 3.56. The van der Waals surface area contributed by atoms with Crippen LogP contribution in [0.3, 0.4) is 0 Å². The lowest BCUT2D eigenvalue weighted by Gasteiger charge is -2.20. The lowest BCUT2D eigenvalue weighted by molar-refractivity contribution is -0.153. The molecule has 0 heterocycles. The third-order valence-electron chi connectivity index (χ3n) is 2.90. The molecule has 1 unspecified atom stereocenters. The summed E-state index contributed by atoms with van der Waals surface area (Å²) in [5.74, 6) is 0.364. The highest BCUT2D eigenvalue weighted by atomic mass is 79.9. The van der Waals surface area contributed by atoms with Crippen LogP contribution in [0.1, 0.15) is 31.1 Å². The minimum absolute atomic E-state index is 0.211. The molecule has 0 aliphatic heterocycles. The fraction of sp³-hybridized carbons (Fsp3) is 0.500. The molecule has 0 aromatic heterocycles.